The second kappa shape index (κ2) is 7.31. The van der Waals surface area contributed by atoms with Crippen molar-refractivity contribution in [2.24, 2.45) is 34.5 Å². The predicted octanol–water partition coefficient (Wildman–Crippen LogP) is 7.00. The summed E-state index contributed by atoms with van der Waals surface area (Å²) in [6.45, 7) is 12.1. The average molecular weight is 381 g/mol. The van der Waals surface area contributed by atoms with Gasteiger partial charge in [0.2, 0.25) is 0 Å². The van der Waals surface area contributed by atoms with E-state index in [0.717, 1.165) is 25.2 Å². The topological polar surface area (TPSA) is 20.2 Å². The number of hydrogen-bond donors (Lipinski definition) is 1. The highest BCUT2D eigenvalue weighted by Gasteiger charge is 2.53. The summed E-state index contributed by atoms with van der Waals surface area (Å²) >= 11 is 0. The van der Waals surface area contributed by atoms with Crippen LogP contribution in [0.4, 0.5) is 0 Å². The van der Waals surface area contributed by atoms with Crippen LogP contribution in [0.1, 0.15) is 79.6 Å². The van der Waals surface area contributed by atoms with Gasteiger partial charge in [0.15, 0.2) is 0 Å². The largest absolute Gasteiger partial charge is 0.393 e. The Morgan fingerprint density at radius 2 is 1.93 bits per heavy atom. The average Bonchev–Trinajstić information content (AvgIpc) is 3.03. The summed E-state index contributed by atoms with van der Waals surface area (Å²) in [5.74, 6) is 2.84. The molecule has 4 rings (SSSR count). The first-order valence-electron chi connectivity index (χ1n) is 11.8. The minimum absolute atomic E-state index is 0.141. The zero-order valence-corrected chi connectivity index (χ0v) is 18.7. The third-order valence-corrected chi connectivity index (χ3v) is 9.06. The minimum Gasteiger partial charge on any atom is -0.393 e. The molecule has 0 spiro atoms. The van der Waals surface area contributed by atoms with Gasteiger partial charge in [0.05, 0.1) is 6.10 Å². The van der Waals surface area contributed by atoms with Gasteiger partial charge in [-0.15, -0.1) is 0 Å². The SMILES string of the molecule is CC[C@@H](C)/C=C/[C@@H](C)C1CCC2C3=CC=C4C[C@@H](O)CCC4(C)C3=CCC21C. The van der Waals surface area contributed by atoms with Gasteiger partial charge in [-0.05, 0) is 78.8 Å². The van der Waals surface area contributed by atoms with E-state index >= 15 is 0 Å². The van der Waals surface area contributed by atoms with Crippen LogP contribution in [0.5, 0.6) is 0 Å². The Morgan fingerprint density at radius 3 is 2.68 bits per heavy atom. The van der Waals surface area contributed by atoms with Crippen molar-refractivity contribution in [3.63, 3.8) is 0 Å². The lowest BCUT2D eigenvalue weighted by Crippen LogP contribution is -2.41. The van der Waals surface area contributed by atoms with Gasteiger partial charge in [0, 0.05) is 5.41 Å². The van der Waals surface area contributed by atoms with Crippen LogP contribution in [0.2, 0.25) is 0 Å². The molecule has 0 radical (unpaired) electrons. The maximum atomic E-state index is 10.2. The maximum Gasteiger partial charge on any atom is 0.0578 e. The van der Waals surface area contributed by atoms with Crippen LogP contribution < -0.4 is 0 Å². The molecule has 2 saturated carbocycles. The van der Waals surface area contributed by atoms with E-state index in [4.69, 9.17) is 0 Å². The third kappa shape index (κ3) is 3.09. The molecular weight excluding hydrogens is 340 g/mol. The van der Waals surface area contributed by atoms with Gasteiger partial charge >= 0.3 is 0 Å². The molecule has 154 valence electrons. The Labute approximate surface area is 172 Å². The smallest absolute Gasteiger partial charge is 0.0578 e. The molecule has 0 aromatic rings. The van der Waals surface area contributed by atoms with E-state index in [-0.39, 0.29) is 11.5 Å². The first-order valence-corrected chi connectivity index (χ1v) is 11.8. The quantitative estimate of drug-likeness (QED) is 0.520. The summed E-state index contributed by atoms with van der Waals surface area (Å²) in [6, 6.07) is 0. The molecule has 4 aliphatic carbocycles. The summed E-state index contributed by atoms with van der Waals surface area (Å²) in [7, 11) is 0. The van der Waals surface area contributed by atoms with Gasteiger partial charge in [-0.3, -0.25) is 0 Å². The molecule has 7 atom stereocenters. The van der Waals surface area contributed by atoms with Crippen LogP contribution in [0, 0.1) is 34.5 Å². The molecule has 4 unspecified atom stereocenters. The van der Waals surface area contributed by atoms with E-state index in [1.54, 1.807) is 11.1 Å². The monoisotopic (exact) mass is 380 g/mol. The van der Waals surface area contributed by atoms with Gasteiger partial charge in [-0.2, -0.15) is 0 Å². The van der Waals surface area contributed by atoms with Crippen LogP contribution in [0.15, 0.2) is 47.1 Å². The van der Waals surface area contributed by atoms with Crippen LogP contribution in [0.25, 0.3) is 0 Å². The van der Waals surface area contributed by atoms with E-state index in [1.165, 1.54) is 31.3 Å². The lowest BCUT2D eigenvalue weighted by molar-refractivity contribution is 0.114. The van der Waals surface area contributed by atoms with Crippen molar-refractivity contribution < 1.29 is 5.11 Å². The van der Waals surface area contributed by atoms with Crippen molar-refractivity contribution in [3.05, 3.63) is 47.1 Å². The molecule has 2 fully saturated rings. The molecule has 28 heavy (non-hydrogen) atoms. The van der Waals surface area contributed by atoms with Crippen molar-refractivity contribution in [3.8, 4) is 0 Å². The van der Waals surface area contributed by atoms with Crippen LogP contribution >= 0.6 is 0 Å². The lowest BCUT2D eigenvalue weighted by Gasteiger charge is -2.50. The van der Waals surface area contributed by atoms with Crippen molar-refractivity contribution in [2.45, 2.75) is 85.7 Å². The van der Waals surface area contributed by atoms with Gasteiger partial charge in [0.1, 0.15) is 0 Å². The van der Waals surface area contributed by atoms with E-state index in [9.17, 15) is 5.11 Å². The maximum absolute atomic E-state index is 10.2. The first-order chi connectivity index (χ1) is 13.3. The molecule has 1 heteroatoms. The minimum atomic E-state index is -0.141. The molecule has 0 amide bonds. The fraction of sp³-hybridized carbons (Fsp3) is 0.704. The number of hydrogen-bond acceptors (Lipinski definition) is 1. The van der Waals surface area contributed by atoms with E-state index in [1.807, 2.05) is 0 Å². The van der Waals surface area contributed by atoms with Gasteiger partial charge in [-0.1, -0.05) is 77.0 Å². The Morgan fingerprint density at radius 1 is 1.14 bits per heavy atom. The van der Waals surface area contributed by atoms with Crippen molar-refractivity contribution >= 4 is 0 Å². The van der Waals surface area contributed by atoms with Crippen LogP contribution in [0.3, 0.4) is 0 Å². The Hall–Kier alpha value is -1.08. The molecule has 1 N–H and O–H groups in total. The molecule has 4 aliphatic rings. The molecule has 0 heterocycles. The summed E-state index contributed by atoms with van der Waals surface area (Å²) in [4.78, 5) is 0. The normalized spacial score (nSPS) is 42.1. The molecule has 0 aliphatic heterocycles. The second-order valence-electron chi connectivity index (χ2n) is 10.7. The number of aliphatic hydroxyl groups excluding tert-OH is 1. The summed E-state index contributed by atoms with van der Waals surface area (Å²) in [5, 5.41) is 10.2. The molecular formula is C27H40O. The molecule has 0 bridgehead atoms. The Kier molecular flexibility index (Phi) is 5.28. The molecule has 0 aromatic heterocycles. The molecule has 1 nitrogen and oxygen atoms in total. The highest BCUT2D eigenvalue weighted by molar-refractivity contribution is 5.53. The molecule has 0 aromatic carbocycles. The number of fused-ring (bicyclic) bond motifs is 5. The molecule has 0 saturated heterocycles. The lowest BCUT2D eigenvalue weighted by atomic mass is 9.54. The first kappa shape index (κ1) is 20.2. The fourth-order valence-corrected chi connectivity index (χ4v) is 6.89. The Bertz CT molecular complexity index is 737. The fourth-order valence-electron chi connectivity index (χ4n) is 6.89. The van der Waals surface area contributed by atoms with E-state index in [0.29, 0.717) is 23.2 Å². The zero-order chi connectivity index (χ0) is 20.1. The van der Waals surface area contributed by atoms with Gasteiger partial charge < -0.3 is 5.11 Å². The van der Waals surface area contributed by atoms with Crippen molar-refractivity contribution in [1.82, 2.24) is 0 Å². The van der Waals surface area contributed by atoms with E-state index < -0.39 is 0 Å². The van der Waals surface area contributed by atoms with Crippen molar-refractivity contribution in [2.75, 3.05) is 0 Å². The number of aliphatic hydroxyl groups is 1. The van der Waals surface area contributed by atoms with Gasteiger partial charge in [-0.25, -0.2) is 0 Å². The Balaban J connectivity index is 1.63. The standard InChI is InChI=1S/C27H40O/c1-6-18(2)7-8-19(3)23-11-12-24-22-10-9-20-17-21(28)13-15-26(20,4)25(22)14-16-27(23,24)5/h7-10,14,18-19,21,23-24,28H,6,11-13,15-17H2,1-5H3/b8-7+/t18-,19-,21+,23?,24?,26?,27?/m1/s1. The van der Waals surface area contributed by atoms with Crippen LogP contribution in [-0.2, 0) is 0 Å². The van der Waals surface area contributed by atoms with E-state index in [2.05, 4.69) is 65.0 Å². The highest BCUT2D eigenvalue weighted by atomic mass is 16.3. The second-order valence-corrected chi connectivity index (χ2v) is 10.7. The summed E-state index contributed by atoms with van der Waals surface area (Å²) in [6.07, 6.45) is 20.3. The van der Waals surface area contributed by atoms with Gasteiger partial charge in [0.25, 0.3) is 0 Å². The predicted molar refractivity (Wildman–Crippen MR) is 119 cm³/mol. The van der Waals surface area contributed by atoms with Crippen molar-refractivity contribution in [1.29, 1.82) is 0 Å². The summed E-state index contributed by atoms with van der Waals surface area (Å²) in [5.41, 5.74) is 5.28. The zero-order valence-electron chi connectivity index (χ0n) is 18.7. The third-order valence-electron chi connectivity index (χ3n) is 9.06. The summed E-state index contributed by atoms with van der Waals surface area (Å²) < 4.78 is 0. The van der Waals surface area contributed by atoms with Crippen LogP contribution in [-0.4, -0.2) is 11.2 Å². The highest BCUT2D eigenvalue weighted by Crippen LogP contribution is 2.63. The number of rotatable bonds is 4. The number of allylic oxidation sites excluding steroid dienone is 7.